The van der Waals surface area contributed by atoms with Gasteiger partial charge in [-0.2, -0.15) is 0 Å². The van der Waals surface area contributed by atoms with Gasteiger partial charge in [0.25, 0.3) is 0 Å². The van der Waals surface area contributed by atoms with E-state index >= 15 is 0 Å². The summed E-state index contributed by atoms with van der Waals surface area (Å²) in [6.07, 6.45) is 0. The van der Waals surface area contributed by atoms with Crippen LogP contribution in [-0.4, -0.2) is 19.9 Å². The fourth-order valence-corrected chi connectivity index (χ4v) is 7.44. The van der Waals surface area contributed by atoms with Crippen LogP contribution < -0.4 is 0 Å². The number of rotatable bonds is 8. The van der Waals surface area contributed by atoms with Crippen molar-refractivity contribution in [3.63, 3.8) is 0 Å². The van der Waals surface area contributed by atoms with Crippen LogP contribution in [0.15, 0.2) is 218 Å². The van der Waals surface area contributed by atoms with E-state index in [1.165, 1.54) is 10.8 Å². The summed E-state index contributed by atoms with van der Waals surface area (Å²) in [7, 11) is 0. The van der Waals surface area contributed by atoms with Crippen molar-refractivity contribution in [1.29, 1.82) is 0 Å². The minimum atomic E-state index is 0.697. The molecule has 10 aromatic rings. The molecule has 0 fully saturated rings. The largest absolute Gasteiger partial charge is 0.228 e. The molecule has 4 heteroatoms. The van der Waals surface area contributed by atoms with Gasteiger partial charge in [-0.1, -0.05) is 188 Å². The van der Waals surface area contributed by atoms with Crippen LogP contribution in [0, 0.1) is 0 Å². The van der Waals surface area contributed by atoms with Gasteiger partial charge >= 0.3 is 0 Å². The van der Waals surface area contributed by atoms with Crippen molar-refractivity contribution in [2.75, 3.05) is 0 Å². The molecule has 0 spiro atoms. The van der Waals surface area contributed by atoms with E-state index in [-0.39, 0.29) is 0 Å². The fourth-order valence-electron chi connectivity index (χ4n) is 7.44. The molecule has 0 atom stereocenters. The quantitative estimate of drug-likeness (QED) is 0.156. The standard InChI is InChI=1S/C54H36N4/c1-5-14-39(15-6-1)49-36-52(56-53(55-49)43-20-11-4-12-21-43)42-28-24-37(25-29-42)45-30-26-38-27-31-46(34-48(38)33-45)44-22-13-23-47(32-44)54-57-50(40-16-7-2-8-17-40)35-51(58-54)41-18-9-3-10-19-41/h1-36H. The lowest BCUT2D eigenvalue weighted by Crippen LogP contribution is -1.96. The third-order valence-corrected chi connectivity index (χ3v) is 10.5. The van der Waals surface area contributed by atoms with Crippen LogP contribution in [-0.2, 0) is 0 Å². The van der Waals surface area contributed by atoms with E-state index in [1.807, 2.05) is 72.8 Å². The normalized spacial score (nSPS) is 11.1. The lowest BCUT2D eigenvalue weighted by Gasteiger charge is -2.11. The molecule has 0 aliphatic rings. The number of aromatic nitrogens is 4. The fraction of sp³-hybridized carbons (Fsp3) is 0. The van der Waals surface area contributed by atoms with Crippen molar-refractivity contribution in [1.82, 2.24) is 19.9 Å². The molecule has 0 saturated heterocycles. The van der Waals surface area contributed by atoms with Crippen LogP contribution >= 0.6 is 0 Å². The van der Waals surface area contributed by atoms with Gasteiger partial charge in [0.05, 0.1) is 22.8 Å². The van der Waals surface area contributed by atoms with E-state index in [0.717, 1.165) is 78.4 Å². The predicted octanol–water partition coefficient (Wildman–Crippen LogP) is 13.8. The van der Waals surface area contributed by atoms with Crippen molar-refractivity contribution < 1.29 is 0 Å². The van der Waals surface area contributed by atoms with Crippen LogP contribution in [0.4, 0.5) is 0 Å². The van der Waals surface area contributed by atoms with E-state index in [1.54, 1.807) is 0 Å². The summed E-state index contributed by atoms with van der Waals surface area (Å²) in [6, 6.07) is 75.8. The first kappa shape index (κ1) is 34.7. The smallest absolute Gasteiger partial charge is 0.160 e. The van der Waals surface area contributed by atoms with Gasteiger partial charge in [0.1, 0.15) is 0 Å². The van der Waals surface area contributed by atoms with Crippen LogP contribution in [0.1, 0.15) is 0 Å². The van der Waals surface area contributed by atoms with Crippen molar-refractivity contribution >= 4 is 10.8 Å². The maximum absolute atomic E-state index is 5.07. The summed E-state index contributed by atoms with van der Waals surface area (Å²) >= 11 is 0. The zero-order chi connectivity index (χ0) is 38.7. The van der Waals surface area contributed by atoms with Gasteiger partial charge in [-0.15, -0.1) is 0 Å². The molecule has 0 N–H and O–H groups in total. The zero-order valence-electron chi connectivity index (χ0n) is 31.6. The predicted molar refractivity (Wildman–Crippen MR) is 239 cm³/mol. The topological polar surface area (TPSA) is 51.6 Å². The molecular weight excluding hydrogens is 705 g/mol. The van der Waals surface area contributed by atoms with Crippen LogP contribution in [0.3, 0.4) is 0 Å². The lowest BCUT2D eigenvalue weighted by molar-refractivity contribution is 1.18. The molecule has 0 bridgehead atoms. The maximum Gasteiger partial charge on any atom is 0.160 e. The Bertz CT molecular complexity index is 2900. The Morgan fingerprint density at radius 1 is 0.190 bits per heavy atom. The Kier molecular flexibility index (Phi) is 9.18. The summed E-state index contributed by atoms with van der Waals surface area (Å²) in [4.78, 5) is 20.1. The van der Waals surface area contributed by atoms with Crippen molar-refractivity contribution in [2.24, 2.45) is 0 Å². The molecule has 272 valence electrons. The second-order valence-electron chi connectivity index (χ2n) is 14.3. The van der Waals surface area contributed by atoms with Crippen LogP contribution in [0.2, 0.25) is 0 Å². The van der Waals surface area contributed by atoms with E-state index in [9.17, 15) is 0 Å². The molecule has 2 heterocycles. The Labute approximate surface area is 337 Å². The molecule has 4 nitrogen and oxygen atoms in total. The Morgan fingerprint density at radius 2 is 0.517 bits per heavy atom. The molecule has 8 aromatic carbocycles. The second kappa shape index (κ2) is 15.4. The monoisotopic (exact) mass is 740 g/mol. The van der Waals surface area contributed by atoms with E-state index in [4.69, 9.17) is 19.9 Å². The van der Waals surface area contributed by atoms with E-state index < -0.39 is 0 Å². The third-order valence-electron chi connectivity index (χ3n) is 10.5. The number of nitrogens with zero attached hydrogens (tertiary/aromatic N) is 4. The summed E-state index contributed by atoms with van der Waals surface area (Å²) in [5.41, 5.74) is 14.3. The minimum absolute atomic E-state index is 0.697. The highest BCUT2D eigenvalue weighted by atomic mass is 14.9. The summed E-state index contributed by atoms with van der Waals surface area (Å²) in [5.74, 6) is 1.41. The van der Waals surface area contributed by atoms with E-state index in [2.05, 4.69) is 146 Å². The average molecular weight is 741 g/mol. The molecule has 2 aromatic heterocycles. The molecule has 0 aliphatic heterocycles. The highest BCUT2D eigenvalue weighted by Crippen LogP contribution is 2.34. The molecule has 0 radical (unpaired) electrons. The van der Waals surface area contributed by atoms with Crippen LogP contribution in [0.5, 0.6) is 0 Å². The number of hydrogen-bond acceptors (Lipinski definition) is 4. The highest BCUT2D eigenvalue weighted by molar-refractivity contribution is 5.91. The number of fused-ring (bicyclic) bond motifs is 1. The SMILES string of the molecule is c1ccc(-c2cc(-c3ccc(-c4ccc5ccc(-c6cccc(-c7nc(-c8ccccc8)cc(-c8ccccc8)n7)c6)cc5c4)cc3)nc(-c3ccccc3)n2)cc1. The summed E-state index contributed by atoms with van der Waals surface area (Å²) in [6.45, 7) is 0. The number of hydrogen-bond donors (Lipinski definition) is 0. The van der Waals surface area contributed by atoms with Gasteiger partial charge in [0, 0.05) is 33.4 Å². The Balaban J connectivity index is 0.971. The van der Waals surface area contributed by atoms with Crippen molar-refractivity contribution in [3.8, 4) is 90.1 Å². The van der Waals surface area contributed by atoms with Gasteiger partial charge in [-0.3, -0.25) is 0 Å². The van der Waals surface area contributed by atoms with Crippen LogP contribution in [0.25, 0.3) is 101 Å². The average Bonchev–Trinajstić information content (AvgIpc) is 3.32. The number of benzene rings is 8. The van der Waals surface area contributed by atoms with Gasteiger partial charge in [-0.25, -0.2) is 19.9 Å². The van der Waals surface area contributed by atoms with Crippen molar-refractivity contribution in [2.45, 2.75) is 0 Å². The Morgan fingerprint density at radius 3 is 1.00 bits per heavy atom. The second-order valence-corrected chi connectivity index (χ2v) is 14.3. The van der Waals surface area contributed by atoms with Gasteiger partial charge in [-0.05, 0) is 63.4 Å². The molecule has 0 saturated carbocycles. The first-order chi connectivity index (χ1) is 28.7. The third kappa shape index (κ3) is 7.18. The molecule has 58 heavy (non-hydrogen) atoms. The molecule has 0 aliphatic carbocycles. The molecule has 0 unspecified atom stereocenters. The Hall–Kier alpha value is -7.82. The summed E-state index contributed by atoms with van der Waals surface area (Å²) in [5, 5.41) is 2.36. The first-order valence-corrected chi connectivity index (χ1v) is 19.5. The first-order valence-electron chi connectivity index (χ1n) is 19.5. The molecular formula is C54H36N4. The van der Waals surface area contributed by atoms with Gasteiger partial charge in [0.15, 0.2) is 11.6 Å². The maximum atomic E-state index is 5.07. The van der Waals surface area contributed by atoms with Gasteiger partial charge < -0.3 is 0 Å². The van der Waals surface area contributed by atoms with Crippen molar-refractivity contribution in [3.05, 3.63) is 218 Å². The molecule has 0 amide bonds. The molecule has 10 rings (SSSR count). The summed E-state index contributed by atoms with van der Waals surface area (Å²) < 4.78 is 0. The van der Waals surface area contributed by atoms with E-state index in [0.29, 0.717) is 11.6 Å². The zero-order valence-corrected chi connectivity index (χ0v) is 31.6. The minimum Gasteiger partial charge on any atom is -0.228 e. The lowest BCUT2D eigenvalue weighted by atomic mass is 9.96. The van der Waals surface area contributed by atoms with Gasteiger partial charge in [0.2, 0.25) is 0 Å². The highest BCUT2D eigenvalue weighted by Gasteiger charge is 2.14.